The number of benzene rings is 2. The number of halogens is 1. The molecule has 216 valence electrons. The number of aliphatic hydroxyl groups is 1. The van der Waals surface area contributed by atoms with Gasteiger partial charge in [-0.3, -0.25) is 4.79 Å². The first kappa shape index (κ1) is 29.5. The summed E-state index contributed by atoms with van der Waals surface area (Å²) in [6.07, 6.45) is 6.19. The van der Waals surface area contributed by atoms with Crippen LogP contribution in [0.1, 0.15) is 50.9 Å². The molecule has 2 aromatic heterocycles. The summed E-state index contributed by atoms with van der Waals surface area (Å²) in [7, 11) is 1.85. The van der Waals surface area contributed by atoms with E-state index in [0.29, 0.717) is 44.1 Å². The lowest BCUT2D eigenvalue weighted by molar-refractivity contribution is -0.133. The molecule has 4 heterocycles. The molecule has 2 aliphatic heterocycles. The molecule has 41 heavy (non-hydrogen) atoms. The minimum atomic E-state index is -1.02. The predicted molar refractivity (Wildman–Crippen MR) is 173 cm³/mol. The minimum Gasteiger partial charge on any atom is -0.480 e. The van der Waals surface area contributed by atoms with Crippen molar-refractivity contribution >= 4 is 57.4 Å². The molecule has 0 saturated carbocycles. The molecule has 0 spiro atoms. The SMILES string of the molecule is CC.Cn1ncc2c1OCCN1CCC(Oc3ccc(C(C)(C)O)cc3/C=C/c3nn(PI)c4ccc-2cc34)C1=O. The lowest BCUT2D eigenvalue weighted by Gasteiger charge is -2.21. The van der Waals surface area contributed by atoms with Gasteiger partial charge < -0.3 is 19.5 Å². The molecule has 4 aromatic rings. The maximum absolute atomic E-state index is 13.2. The molecule has 6 rings (SSSR count). The zero-order valence-electron chi connectivity index (χ0n) is 23.9. The van der Waals surface area contributed by atoms with E-state index < -0.39 is 11.7 Å². The van der Waals surface area contributed by atoms with E-state index in [9.17, 15) is 9.90 Å². The lowest BCUT2D eigenvalue weighted by atomic mass is 9.95. The van der Waals surface area contributed by atoms with Crippen LogP contribution in [0.2, 0.25) is 0 Å². The Labute approximate surface area is 254 Å². The fraction of sp³-hybridized carbons (Fsp3) is 0.367. The van der Waals surface area contributed by atoms with E-state index in [2.05, 4.69) is 45.3 Å². The Morgan fingerprint density at radius 3 is 2.68 bits per heavy atom. The number of carbonyl (C=O) groups excluding carboxylic acids is 1. The second-order valence-corrected chi connectivity index (χ2v) is 12.4. The highest BCUT2D eigenvalue weighted by molar-refractivity contribution is 14.2. The van der Waals surface area contributed by atoms with Gasteiger partial charge in [0.25, 0.3) is 5.91 Å². The maximum Gasteiger partial charge on any atom is 0.263 e. The third-order valence-electron chi connectivity index (χ3n) is 7.24. The first-order chi connectivity index (χ1) is 19.7. The molecule has 1 amide bonds. The zero-order valence-corrected chi connectivity index (χ0v) is 27.0. The van der Waals surface area contributed by atoms with Crippen molar-refractivity contribution < 1.29 is 19.4 Å². The van der Waals surface area contributed by atoms with Crippen molar-refractivity contribution in [3.05, 3.63) is 59.4 Å². The van der Waals surface area contributed by atoms with E-state index >= 15 is 0 Å². The van der Waals surface area contributed by atoms with E-state index in [0.717, 1.165) is 38.9 Å². The van der Waals surface area contributed by atoms with Gasteiger partial charge in [-0.05, 0) is 83.4 Å². The van der Waals surface area contributed by atoms with E-state index in [1.165, 1.54) is 0 Å². The van der Waals surface area contributed by atoms with Crippen molar-refractivity contribution in [3.8, 4) is 22.8 Å². The fourth-order valence-corrected chi connectivity index (χ4v) is 6.61. The van der Waals surface area contributed by atoms with Crippen LogP contribution in [-0.2, 0) is 17.4 Å². The van der Waals surface area contributed by atoms with Gasteiger partial charge in [0, 0.05) is 31.0 Å². The van der Waals surface area contributed by atoms with Crippen LogP contribution in [0.4, 0.5) is 0 Å². The normalized spacial score (nSPS) is 18.0. The Balaban J connectivity index is 0.00000165. The minimum absolute atomic E-state index is 0.0511. The monoisotopic (exact) mass is 687 g/mol. The predicted octanol–water partition coefficient (Wildman–Crippen LogP) is 6.02. The number of amides is 1. The molecule has 2 aromatic carbocycles. The third kappa shape index (κ3) is 5.87. The van der Waals surface area contributed by atoms with E-state index in [4.69, 9.17) is 14.6 Å². The van der Waals surface area contributed by atoms with Crippen LogP contribution in [-0.4, -0.2) is 61.0 Å². The van der Waals surface area contributed by atoms with Crippen LogP contribution in [0, 0.1) is 0 Å². The van der Waals surface area contributed by atoms with Gasteiger partial charge in [0.1, 0.15) is 12.4 Å². The highest BCUT2D eigenvalue weighted by atomic mass is 127. The number of rotatable bonds is 2. The first-order valence-corrected chi connectivity index (χ1v) is 17.8. The van der Waals surface area contributed by atoms with Crippen molar-refractivity contribution in [1.29, 1.82) is 0 Å². The van der Waals surface area contributed by atoms with Crippen LogP contribution >= 0.6 is 28.4 Å². The molecular formula is C30H35IN5O4P. The third-order valence-corrected chi connectivity index (χ3v) is 9.11. The number of aryl methyl sites for hydroxylation is 1. The summed E-state index contributed by atoms with van der Waals surface area (Å²) < 4.78 is 16.2. The quantitative estimate of drug-likeness (QED) is 0.205. The molecule has 2 aliphatic rings. The fourth-order valence-electron chi connectivity index (χ4n) is 5.07. The molecule has 2 unspecified atom stereocenters. The Morgan fingerprint density at radius 1 is 1.12 bits per heavy atom. The summed E-state index contributed by atoms with van der Waals surface area (Å²) in [4.78, 5) is 15.0. The van der Waals surface area contributed by atoms with E-state index in [1.807, 2.05) is 61.9 Å². The van der Waals surface area contributed by atoms with Crippen molar-refractivity contribution in [3.63, 3.8) is 0 Å². The van der Waals surface area contributed by atoms with Gasteiger partial charge in [0.2, 0.25) is 5.88 Å². The summed E-state index contributed by atoms with van der Waals surface area (Å²) >= 11 is 2.33. The highest BCUT2D eigenvalue weighted by Crippen LogP contribution is 2.37. The maximum atomic E-state index is 13.2. The first-order valence-electron chi connectivity index (χ1n) is 13.8. The van der Waals surface area contributed by atoms with Gasteiger partial charge in [0.05, 0.1) is 41.5 Å². The van der Waals surface area contributed by atoms with Gasteiger partial charge >= 0.3 is 0 Å². The molecule has 11 heteroatoms. The molecule has 1 fully saturated rings. The molecule has 4 bridgehead atoms. The molecule has 0 radical (unpaired) electrons. The van der Waals surface area contributed by atoms with Gasteiger partial charge in [-0.1, -0.05) is 26.0 Å². The summed E-state index contributed by atoms with van der Waals surface area (Å²) in [5.74, 6) is 1.20. The van der Waals surface area contributed by atoms with Crippen LogP contribution < -0.4 is 9.47 Å². The number of hydrogen-bond acceptors (Lipinski definition) is 6. The molecule has 0 aliphatic carbocycles. The molecule has 9 nitrogen and oxygen atoms in total. The van der Waals surface area contributed by atoms with Crippen molar-refractivity contribution in [1.82, 2.24) is 24.2 Å². The summed E-state index contributed by atoms with van der Waals surface area (Å²) in [6.45, 7) is 8.91. The Kier molecular flexibility index (Phi) is 8.73. The molecule has 1 saturated heterocycles. The number of ether oxygens (including phenoxy) is 2. The summed E-state index contributed by atoms with van der Waals surface area (Å²) in [5, 5.41) is 21.0. The molecule has 1 N–H and O–H groups in total. The second kappa shape index (κ2) is 12.1. The Bertz CT molecular complexity index is 1610. The van der Waals surface area contributed by atoms with Crippen LogP contribution in [0.25, 0.3) is 34.2 Å². The molecule has 2 atom stereocenters. The van der Waals surface area contributed by atoms with Gasteiger partial charge in [0.15, 0.2) is 6.10 Å². The van der Waals surface area contributed by atoms with E-state index in [-0.39, 0.29) is 5.91 Å². The Morgan fingerprint density at radius 2 is 1.93 bits per heavy atom. The highest BCUT2D eigenvalue weighted by Gasteiger charge is 2.34. The van der Waals surface area contributed by atoms with Crippen LogP contribution in [0.3, 0.4) is 0 Å². The summed E-state index contributed by atoms with van der Waals surface area (Å²) in [5.41, 5.74) is 4.22. The average Bonchev–Trinajstić information content (AvgIpc) is 3.63. The Hall–Kier alpha value is -2.95. The largest absolute Gasteiger partial charge is 0.480 e. The van der Waals surface area contributed by atoms with Crippen molar-refractivity contribution in [2.24, 2.45) is 7.05 Å². The van der Waals surface area contributed by atoms with Crippen LogP contribution in [0.5, 0.6) is 11.6 Å². The van der Waals surface area contributed by atoms with Gasteiger partial charge in [-0.15, -0.1) is 0 Å². The van der Waals surface area contributed by atoms with Crippen molar-refractivity contribution in [2.45, 2.75) is 45.8 Å². The van der Waals surface area contributed by atoms with Crippen molar-refractivity contribution in [2.75, 3.05) is 19.7 Å². The average molecular weight is 688 g/mol. The standard InChI is InChI=1S/C28H29IN5O4P.C2H6/c1-28(2,36)19-6-9-24-18(14-19)4-7-22-20-15-17(5-8-23(20)34(31-22)39-29)21-16-30-32(3)27(21)37-13-12-33-11-10-25(38-24)26(33)35;1-2/h4-9,14-16,25,36,39H,10-13H2,1-3H3;1-2H3/b7-4+;. The number of fused-ring (bicyclic) bond motifs is 6. The number of hydrogen-bond donors (Lipinski definition) is 1. The van der Waals surface area contributed by atoms with Gasteiger partial charge in [-0.25, -0.2) is 9.13 Å². The number of aromatic nitrogens is 4. The second-order valence-electron chi connectivity index (χ2n) is 10.3. The molecular weight excluding hydrogens is 652 g/mol. The summed E-state index contributed by atoms with van der Waals surface area (Å²) in [6, 6.07) is 11.9. The topological polar surface area (TPSA) is 94.6 Å². The smallest absolute Gasteiger partial charge is 0.263 e. The zero-order chi connectivity index (χ0) is 29.3. The lowest BCUT2D eigenvalue weighted by Crippen LogP contribution is -2.35. The van der Waals surface area contributed by atoms with Gasteiger partial charge in [-0.2, -0.15) is 10.2 Å². The number of carbonyl (C=O) groups is 1. The van der Waals surface area contributed by atoms with Crippen LogP contribution in [0.15, 0.2) is 42.6 Å². The number of nitrogens with zero attached hydrogens (tertiary/aromatic N) is 5. The van der Waals surface area contributed by atoms with E-state index in [1.54, 1.807) is 23.4 Å².